The predicted molar refractivity (Wildman–Crippen MR) is 134 cm³/mol. The van der Waals surface area contributed by atoms with Crippen molar-refractivity contribution in [1.29, 1.82) is 0 Å². The van der Waals surface area contributed by atoms with Crippen LogP contribution in [0.2, 0.25) is 0 Å². The monoisotopic (exact) mass is 428 g/mol. The van der Waals surface area contributed by atoms with Crippen LogP contribution in [0.1, 0.15) is 63.8 Å². The Morgan fingerprint density at radius 1 is 0.688 bits per heavy atom. The molecule has 0 spiro atoms. The second-order valence-electron chi connectivity index (χ2n) is 9.83. The van der Waals surface area contributed by atoms with E-state index in [0.717, 1.165) is 47.1 Å². The molecule has 0 aromatic heterocycles. The zero-order chi connectivity index (χ0) is 22.9. The van der Waals surface area contributed by atoms with E-state index in [-0.39, 0.29) is 11.1 Å². The molecular formula is C26H32N6. The molecule has 0 fully saturated rings. The number of rotatable bonds is 3. The van der Waals surface area contributed by atoms with Gasteiger partial charge in [-0.1, -0.05) is 48.5 Å². The van der Waals surface area contributed by atoms with Crippen LogP contribution in [0, 0.1) is 0 Å². The SMILES string of the molecule is CC(=NNC1=NC(C)(C)Cc2ccccc21)C(C)=NNC1=NC(C)(C)Cc2ccccc21. The van der Waals surface area contributed by atoms with E-state index in [4.69, 9.17) is 9.98 Å². The average molecular weight is 429 g/mol. The number of fused-ring (bicyclic) bond motifs is 2. The molecule has 2 heterocycles. The van der Waals surface area contributed by atoms with Gasteiger partial charge >= 0.3 is 0 Å². The van der Waals surface area contributed by atoms with E-state index in [2.05, 4.69) is 85.1 Å². The highest BCUT2D eigenvalue weighted by Crippen LogP contribution is 2.27. The van der Waals surface area contributed by atoms with Gasteiger partial charge in [0.05, 0.1) is 22.5 Å². The van der Waals surface area contributed by atoms with Crippen molar-refractivity contribution in [3.8, 4) is 0 Å². The van der Waals surface area contributed by atoms with Gasteiger partial charge in [-0.05, 0) is 65.5 Å². The smallest absolute Gasteiger partial charge is 0.149 e. The third kappa shape index (κ3) is 4.79. The Hall–Kier alpha value is -3.28. The molecule has 2 aromatic carbocycles. The van der Waals surface area contributed by atoms with Crippen molar-refractivity contribution in [3.05, 3.63) is 70.8 Å². The Kier molecular flexibility index (Phi) is 5.71. The molecule has 0 saturated carbocycles. The lowest BCUT2D eigenvalue weighted by molar-refractivity contribution is 0.509. The van der Waals surface area contributed by atoms with Crippen molar-refractivity contribution < 1.29 is 0 Å². The average Bonchev–Trinajstić information content (AvgIpc) is 2.73. The zero-order valence-electron chi connectivity index (χ0n) is 19.8. The van der Waals surface area contributed by atoms with Crippen molar-refractivity contribution >= 4 is 23.1 Å². The van der Waals surface area contributed by atoms with Crippen LogP contribution in [0.15, 0.2) is 68.7 Å². The van der Waals surface area contributed by atoms with Gasteiger partial charge < -0.3 is 0 Å². The highest BCUT2D eigenvalue weighted by molar-refractivity contribution is 6.40. The molecule has 2 aliphatic heterocycles. The minimum absolute atomic E-state index is 0.163. The normalized spacial score (nSPS) is 19.3. The topological polar surface area (TPSA) is 73.5 Å². The molecule has 0 unspecified atom stereocenters. The number of hydrazone groups is 2. The molecule has 2 aromatic rings. The molecular weight excluding hydrogens is 396 g/mol. The lowest BCUT2D eigenvalue weighted by Gasteiger charge is -2.28. The first-order valence-electron chi connectivity index (χ1n) is 11.1. The molecule has 6 nitrogen and oxygen atoms in total. The molecule has 166 valence electrons. The summed E-state index contributed by atoms with van der Waals surface area (Å²) < 4.78 is 0. The molecule has 0 amide bonds. The van der Waals surface area contributed by atoms with Crippen molar-refractivity contribution in [1.82, 2.24) is 10.9 Å². The van der Waals surface area contributed by atoms with Gasteiger partial charge in [-0.3, -0.25) is 20.8 Å². The maximum Gasteiger partial charge on any atom is 0.149 e. The predicted octanol–water partition coefficient (Wildman–Crippen LogP) is 4.48. The van der Waals surface area contributed by atoms with Crippen LogP contribution in [0.4, 0.5) is 0 Å². The van der Waals surface area contributed by atoms with Crippen LogP contribution >= 0.6 is 0 Å². The van der Waals surface area contributed by atoms with Crippen LogP contribution in [-0.4, -0.2) is 34.2 Å². The van der Waals surface area contributed by atoms with Crippen LogP contribution in [0.25, 0.3) is 0 Å². The molecule has 0 saturated heterocycles. The second-order valence-corrected chi connectivity index (χ2v) is 9.83. The summed E-state index contributed by atoms with van der Waals surface area (Å²) in [5, 5.41) is 9.15. The maximum absolute atomic E-state index is 4.87. The van der Waals surface area contributed by atoms with E-state index in [1.54, 1.807) is 0 Å². The van der Waals surface area contributed by atoms with Gasteiger partial charge in [0, 0.05) is 11.1 Å². The number of amidine groups is 2. The Balaban J connectivity index is 1.52. The zero-order valence-corrected chi connectivity index (χ0v) is 19.8. The minimum atomic E-state index is -0.163. The highest BCUT2D eigenvalue weighted by Gasteiger charge is 2.27. The van der Waals surface area contributed by atoms with E-state index in [9.17, 15) is 0 Å². The molecule has 2 N–H and O–H groups in total. The fourth-order valence-corrected chi connectivity index (χ4v) is 4.15. The van der Waals surface area contributed by atoms with E-state index in [1.807, 2.05) is 26.0 Å². The van der Waals surface area contributed by atoms with Gasteiger partial charge in [0.15, 0.2) is 0 Å². The number of hydrogen-bond acceptors (Lipinski definition) is 6. The molecule has 6 heteroatoms. The molecule has 0 aliphatic carbocycles. The standard InChI is InChI=1S/C26H32N6/c1-17(29-31-23-21-13-9-7-11-19(21)15-25(3,4)27-23)18(2)30-32-24-22-14-10-8-12-20(22)16-26(5,6)28-24/h7-14H,15-16H2,1-6H3,(H,27,31)(H,28,32). The van der Waals surface area contributed by atoms with Crippen LogP contribution in [0.5, 0.6) is 0 Å². The first-order valence-corrected chi connectivity index (χ1v) is 11.1. The number of nitrogens with one attached hydrogen (secondary N) is 2. The second kappa shape index (κ2) is 8.34. The summed E-state index contributed by atoms with van der Waals surface area (Å²) in [5.74, 6) is 1.59. The van der Waals surface area contributed by atoms with Crippen LogP contribution in [-0.2, 0) is 12.8 Å². The minimum Gasteiger partial charge on any atom is -0.261 e. The van der Waals surface area contributed by atoms with Crippen molar-refractivity contribution in [3.63, 3.8) is 0 Å². The molecule has 2 aliphatic rings. The summed E-state index contributed by atoms with van der Waals surface area (Å²) in [7, 11) is 0. The van der Waals surface area contributed by atoms with Crippen molar-refractivity contribution in [2.24, 2.45) is 20.2 Å². The fourth-order valence-electron chi connectivity index (χ4n) is 4.15. The Labute approximate surface area is 190 Å². The maximum atomic E-state index is 4.87. The first-order chi connectivity index (χ1) is 15.1. The van der Waals surface area contributed by atoms with E-state index < -0.39 is 0 Å². The fraction of sp³-hybridized carbons (Fsp3) is 0.385. The Morgan fingerprint density at radius 3 is 1.47 bits per heavy atom. The van der Waals surface area contributed by atoms with Gasteiger partial charge in [-0.15, -0.1) is 0 Å². The lowest BCUT2D eigenvalue weighted by atomic mass is 9.89. The van der Waals surface area contributed by atoms with Gasteiger partial charge in [-0.2, -0.15) is 10.2 Å². The summed E-state index contributed by atoms with van der Waals surface area (Å²) in [6.07, 6.45) is 1.84. The van der Waals surface area contributed by atoms with E-state index >= 15 is 0 Å². The number of hydrogen-bond donors (Lipinski definition) is 2. The summed E-state index contributed by atoms with van der Waals surface area (Å²) in [6, 6.07) is 16.7. The first kappa shape index (κ1) is 21.9. The quantitative estimate of drug-likeness (QED) is 0.559. The molecule has 0 radical (unpaired) electrons. The van der Waals surface area contributed by atoms with Crippen LogP contribution < -0.4 is 10.9 Å². The highest BCUT2D eigenvalue weighted by atomic mass is 15.3. The lowest BCUT2D eigenvalue weighted by Crippen LogP contribution is -2.35. The molecule has 0 bridgehead atoms. The van der Waals surface area contributed by atoms with E-state index in [0.29, 0.717) is 0 Å². The summed E-state index contributed by atoms with van der Waals surface area (Å²) >= 11 is 0. The molecule has 32 heavy (non-hydrogen) atoms. The third-order valence-electron chi connectivity index (χ3n) is 5.80. The summed E-state index contributed by atoms with van der Waals surface area (Å²) in [6.45, 7) is 12.4. The van der Waals surface area contributed by atoms with Gasteiger partial charge in [-0.25, -0.2) is 0 Å². The van der Waals surface area contributed by atoms with E-state index in [1.165, 1.54) is 11.1 Å². The summed E-state index contributed by atoms with van der Waals surface area (Å²) in [5.41, 5.74) is 12.4. The molecule has 4 rings (SSSR count). The van der Waals surface area contributed by atoms with Crippen molar-refractivity contribution in [2.45, 2.75) is 65.5 Å². The Bertz CT molecular complexity index is 1060. The van der Waals surface area contributed by atoms with Gasteiger partial charge in [0.2, 0.25) is 0 Å². The van der Waals surface area contributed by atoms with Gasteiger partial charge in [0.25, 0.3) is 0 Å². The summed E-state index contributed by atoms with van der Waals surface area (Å²) in [4.78, 5) is 9.74. The number of nitrogens with zero attached hydrogens (tertiary/aromatic N) is 4. The largest absolute Gasteiger partial charge is 0.261 e. The molecule has 0 atom stereocenters. The third-order valence-corrected chi connectivity index (χ3v) is 5.80. The van der Waals surface area contributed by atoms with Crippen LogP contribution in [0.3, 0.4) is 0 Å². The number of aliphatic imine (C=N–C) groups is 2. The Morgan fingerprint density at radius 2 is 1.06 bits per heavy atom. The van der Waals surface area contributed by atoms with Crippen molar-refractivity contribution in [2.75, 3.05) is 0 Å². The number of benzene rings is 2. The van der Waals surface area contributed by atoms with Gasteiger partial charge in [0.1, 0.15) is 11.7 Å².